The van der Waals surface area contributed by atoms with Crippen molar-refractivity contribution in [2.75, 3.05) is 41.0 Å². The van der Waals surface area contributed by atoms with Gasteiger partial charge in [0.25, 0.3) is 0 Å². The Bertz CT molecular complexity index is 1050. The molecular formula is C53H99NO7. The third-order valence-electron chi connectivity index (χ3n) is 11.8. The van der Waals surface area contributed by atoms with E-state index in [4.69, 9.17) is 14.2 Å². The molecular weight excluding hydrogens is 763 g/mol. The van der Waals surface area contributed by atoms with Crippen molar-refractivity contribution in [3.63, 3.8) is 0 Å². The van der Waals surface area contributed by atoms with Gasteiger partial charge in [-0.05, 0) is 64.2 Å². The molecule has 0 aliphatic carbocycles. The summed E-state index contributed by atoms with van der Waals surface area (Å²) in [5, 5.41) is 11.7. The summed E-state index contributed by atoms with van der Waals surface area (Å²) in [5.41, 5.74) is 0. The van der Waals surface area contributed by atoms with Gasteiger partial charge in [-0.15, -0.1) is 0 Å². The van der Waals surface area contributed by atoms with E-state index in [-0.39, 0.29) is 42.7 Å². The van der Waals surface area contributed by atoms with E-state index in [0.717, 1.165) is 51.4 Å². The molecule has 0 saturated heterocycles. The van der Waals surface area contributed by atoms with Crippen LogP contribution in [0, 0.1) is 0 Å². The molecule has 0 saturated carbocycles. The first-order chi connectivity index (χ1) is 29.6. The molecule has 61 heavy (non-hydrogen) atoms. The number of carbonyl (C=O) groups excluding carboxylic acids is 3. The zero-order chi connectivity index (χ0) is 44.9. The maximum absolute atomic E-state index is 12.8. The Morgan fingerprint density at radius 2 is 0.820 bits per heavy atom. The van der Waals surface area contributed by atoms with E-state index in [1.165, 1.54) is 161 Å². The fourth-order valence-corrected chi connectivity index (χ4v) is 7.77. The summed E-state index contributed by atoms with van der Waals surface area (Å²) in [6, 6.07) is -0.727. The first-order valence-electron chi connectivity index (χ1n) is 25.9. The number of nitrogens with zero attached hydrogens (tertiary/aromatic N) is 1. The second kappa shape index (κ2) is 44.4. The van der Waals surface area contributed by atoms with Crippen LogP contribution in [-0.4, -0.2) is 75.5 Å². The molecule has 0 heterocycles. The highest BCUT2D eigenvalue weighted by molar-refractivity contribution is 5.70. The summed E-state index contributed by atoms with van der Waals surface area (Å²) < 4.78 is 17.2. The van der Waals surface area contributed by atoms with Crippen LogP contribution in [0.2, 0.25) is 0 Å². The van der Waals surface area contributed by atoms with Gasteiger partial charge < -0.3 is 28.6 Å². The number of esters is 2. The van der Waals surface area contributed by atoms with Gasteiger partial charge in [0, 0.05) is 19.3 Å². The highest BCUT2D eigenvalue weighted by atomic mass is 16.6. The number of ether oxygens (including phenoxy) is 3. The number of quaternary nitrogens is 1. The van der Waals surface area contributed by atoms with Crippen molar-refractivity contribution in [2.45, 2.75) is 257 Å². The standard InChI is InChI=1S/C53H99NO7/c1-6-8-10-12-14-16-18-20-22-23-24-25-26-27-28-29-30-32-34-36-38-40-42-44-52(56)61-49(47-59-46-45-50(53(57)58)54(3,4)5)48-60-51(55)43-41-39-37-35-33-31-21-19-17-15-13-11-9-7-2/h27-28,31,33,49-50H,6-26,29-30,32,34-48H2,1-5H3/b28-27+,33-31+. The molecule has 358 valence electrons. The Hall–Kier alpha value is -2.19. The molecule has 0 aliphatic rings. The van der Waals surface area contributed by atoms with Gasteiger partial charge in [-0.3, -0.25) is 9.59 Å². The molecule has 0 aromatic carbocycles. The highest BCUT2D eigenvalue weighted by Gasteiger charge is 2.25. The number of carbonyl (C=O) groups is 3. The van der Waals surface area contributed by atoms with Crippen LogP contribution in [-0.2, 0) is 28.6 Å². The van der Waals surface area contributed by atoms with Gasteiger partial charge in [-0.25, -0.2) is 0 Å². The minimum Gasteiger partial charge on any atom is -0.544 e. The molecule has 0 aromatic rings. The molecule has 0 rings (SSSR count). The van der Waals surface area contributed by atoms with Crippen LogP contribution in [0.4, 0.5) is 0 Å². The average Bonchev–Trinajstić information content (AvgIpc) is 3.22. The smallest absolute Gasteiger partial charge is 0.306 e. The quantitative estimate of drug-likeness (QED) is 0.0260. The van der Waals surface area contributed by atoms with E-state index in [2.05, 4.69) is 38.2 Å². The molecule has 8 nitrogen and oxygen atoms in total. The first kappa shape index (κ1) is 58.8. The molecule has 2 unspecified atom stereocenters. The molecule has 0 N–H and O–H groups in total. The lowest BCUT2D eigenvalue weighted by atomic mass is 10.0. The van der Waals surface area contributed by atoms with Crippen molar-refractivity contribution in [1.82, 2.24) is 0 Å². The molecule has 0 fully saturated rings. The zero-order valence-corrected chi connectivity index (χ0v) is 40.8. The monoisotopic (exact) mass is 862 g/mol. The van der Waals surface area contributed by atoms with Crippen molar-refractivity contribution < 1.29 is 38.2 Å². The van der Waals surface area contributed by atoms with Crippen LogP contribution < -0.4 is 5.11 Å². The Morgan fingerprint density at radius 3 is 1.20 bits per heavy atom. The van der Waals surface area contributed by atoms with E-state index in [1.54, 1.807) is 21.1 Å². The summed E-state index contributed by atoms with van der Waals surface area (Å²) in [4.78, 5) is 37.0. The maximum Gasteiger partial charge on any atom is 0.306 e. The van der Waals surface area contributed by atoms with Gasteiger partial charge in [0.2, 0.25) is 0 Å². The lowest BCUT2D eigenvalue weighted by Crippen LogP contribution is -2.55. The van der Waals surface area contributed by atoms with Crippen LogP contribution in [0.3, 0.4) is 0 Å². The van der Waals surface area contributed by atoms with E-state index in [1.807, 2.05) is 0 Å². The van der Waals surface area contributed by atoms with Crippen LogP contribution >= 0.6 is 0 Å². The van der Waals surface area contributed by atoms with Gasteiger partial charge in [-0.1, -0.05) is 186 Å². The fourth-order valence-electron chi connectivity index (χ4n) is 7.77. The SMILES string of the molecule is CCCCCCCCC/C=C/CCCCCC(=O)OCC(COCCC(C(=O)[O-])[N+](C)(C)C)OC(=O)CCCCCCCCC/C=C/CCCCCCCCCCCCCC. The van der Waals surface area contributed by atoms with Crippen LogP contribution in [0.15, 0.2) is 24.3 Å². The van der Waals surface area contributed by atoms with E-state index < -0.39 is 18.1 Å². The van der Waals surface area contributed by atoms with Crippen molar-refractivity contribution >= 4 is 17.9 Å². The van der Waals surface area contributed by atoms with E-state index in [9.17, 15) is 19.5 Å². The molecule has 0 bridgehead atoms. The Balaban J connectivity index is 4.21. The summed E-state index contributed by atoms with van der Waals surface area (Å²) in [5.74, 6) is -1.75. The minimum atomic E-state index is -1.12. The first-order valence-corrected chi connectivity index (χ1v) is 25.9. The van der Waals surface area contributed by atoms with Crippen molar-refractivity contribution in [2.24, 2.45) is 0 Å². The number of rotatable bonds is 47. The molecule has 8 heteroatoms. The van der Waals surface area contributed by atoms with Gasteiger partial charge in [0.1, 0.15) is 12.6 Å². The number of hydrogen-bond acceptors (Lipinski definition) is 7. The average molecular weight is 862 g/mol. The fraction of sp³-hybridized carbons (Fsp3) is 0.868. The maximum atomic E-state index is 12.8. The summed E-state index contributed by atoms with van der Waals surface area (Å²) in [6.07, 6.45) is 50.7. The van der Waals surface area contributed by atoms with Crippen molar-refractivity contribution in [3.05, 3.63) is 24.3 Å². The summed E-state index contributed by atoms with van der Waals surface area (Å²) >= 11 is 0. The molecule has 2 atom stereocenters. The molecule has 0 radical (unpaired) electrons. The zero-order valence-electron chi connectivity index (χ0n) is 40.8. The lowest BCUT2D eigenvalue weighted by molar-refractivity contribution is -0.889. The second-order valence-corrected chi connectivity index (χ2v) is 18.8. The summed E-state index contributed by atoms with van der Waals surface area (Å²) in [7, 11) is 5.41. The van der Waals surface area contributed by atoms with Crippen molar-refractivity contribution in [1.29, 1.82) is 0 Å². The van der Waals surface area contributed by atoms with Gasteiger partial charge in [-0.2, -0.15) is 0 Å². The second-order valence-electron chi connectivity index (χ2n) is 18.8. The number of carboxylic acids is 1. The molecule has 0 aromatic heterocycles. The number of carboxylic acid groups (broad SMARTS) is 1. The minimum absolute atomic E-state index is 0.0374. The van der Waals surface area contributed by atoms with Crippen molar-refractivity contribution in [3.8, 4) is 0 Å². The normalized spacial score (nSPS) is 13.0. The Labute approximate surface area is 377 Å². The van der Waals surface area contributed by atoms with E-state index >= 15 is 0 Å². The van der Waals surface area contributed by atoms with Gasteiger partial charge in [0.05, 0.1) is 40.3 Å². The predicted octanol–water partition coefficient (Wildman–Crippen LogP) is 13.5. The van der Waals surface area contributed by atoms with Crippen LogP contribution in [0.1, 0.15) is 245 Å². The van der Waals surface area contributed by atoms with Gasteiger partial charge >= 0.3 is 11.9 Å². The number of hydrogen-bond donors (Lipinski definition) is 0. The molecule has 0 spiro atoms. The number of unbranched alkanes of at least 4 members (excludes halogenated alkanes) is 29. The number of aliphatic carboxylic acids is 1. The molecule has 0 amide bonds. The lowest BCUT2D eigenvalue weighted by Gasteiger charge is -2.34. The summed E-state index contributed by atoms with van der Waals surface area (Å²) in [6.45, 7) is 4.67. The predicted molar refractivity (Wildman–Crippen MR) is 254 cm³/mol. The van der Waals surface area contributed by atoms with E-state index in [0.29, 0.717) is 12.8 Å². The molecule has 0 aliphatic heterocycles. The third kappa shape index (κ3) is 42.9. The van der Waals surface area contributed by atoms with Crippen LogP contribution in [0.25, 0.3) is 0 Å². The number of allylic oxidation sites excluding steroid dienone is 4. The topological polar surface area (TPSA) is 102 Å². The van der Waals surface area contributed by atoms with Crippen LogP contribution in [0.5, 0.6) is 0 Å². The van der Waals surface area contributed by atoms with Gasteiger partial charge in [0.15, 0.2) is 6.10 Å². The third-order valence-corrected chi connectivity index (χ3v) is 11.8. The number of likely N-dealkylation sites (N-methyl/N-ethyl adjacent to an activating group) is 1. The highest BCUT2D eigenvalue weighted by Crippen LogP contribution is 2.15. The Morgan fingerprint density at radius 1 is 0.475 bits per heavy atom. The Kier molecular flexibility index (Phi) is 42.8. The largest absolute Gasteiger partial charge is 0.544 e.